The molecule has 0 N–H and O–H groups in total. The molecule has 0 saturated heterocycles. The van der Waals surface area contributed by atoms with Crippen molar-refractivity contribution >= 4 is 83.8 Å². The lowest BCUT2D eigenvalue weighted by atomic mass is 9.82. The van der Waals surface area contributed by atoms with Gasteiger partial charge in [0.15, 0.2) is 0 Å². The second-order valence-electron chi connectivity index (χ2n) is 17.8. The third-order valence-corrected chi connectivity index (χ3v) is 13.8. The third-order valence-electron chi connectivity index (χ3n) is 13.8. The molecule has 0 amide bonds. The summed E-state index contributed by atoms with van der Waals surface area (Å²) in [6, 6.07) is 84.3. The molecule has 1 aliphatic carbocycles. The summed E-state index contributed by atoms with van der Waals surface area (Å²) >= 11 is 0. The van der Waals surface area contributed by atoms with Crippen molar-refractivity contribution in [2.45, 2.75) is 19.3 Å². The van der Waals surface area contributed by atoms with E-state index in [1.54, 1.807) is 0 Å². The SMILES string of the molecule is CC1(C)c2ccccc2-c2c1ccc1ccc3c(c4cc(N(c5ccccc5)c5ccccc5)cc5c4n3-c3cc(N(c4ccccc4)c4ccccc4)ccc3N5c3ccccc3)c21. The summed E-state index contributed by atoms with van der Waals surface area (Å²) in [6.45, 7) is 4.77. The highest BCUT2D eigenvalue weighted by Gasteiger charge is 2.38. The van der Waals surface area contributed by atoms with Crippen molar-refractivity contribution in [3.63, 3.8) is 0 Å². The molecule has 0 bridgehead atoms. The van der Waals surface area contributed by atoms with Gasteiger partial charge >= 0.3 is 0 Å². The van der Waals surface area contributed by atoms with Gasteiger partial charge in [-0.25, -0.2) is 0 Å². The number of anilines is 9. The highest BCUT2D eigenvalue weighted by molar-refractivity contribution is 6.29. The maximum absolute atomic E-state index is 2.57. The standard InChI is InChI=1S/C61H44N4/c1-61(2)51-31-19-18-30-49(51)58-52(61)35-32-41-33-36-54-59(57(41)58)50-38-48(63(44-24-12-5-13-25-44)45-26-14-6-15-27-45)40-56-60(50)65(54)55-39-47(34-37-53(55)64(56)46-28-16-7-17-29-46)62(42-20-8-3-9-21-42)43-22-10-4-11-23-43/h3-40H,1-2H3. The number of para-hydroxylation sites is 5. The Balaban J connectivity index is 1.20. The van der Waals surface area contributed by atoms with Crippen molar-refractivity contribution in [3.8, 4) is 16.8 Å². The molecule has 65 heavy (non-hydrogen) atoms. The normalized spacial score (nSPS) is 13.2. The van der Waals surface area contributed by atoms with E-state index in [1.807, 2.05) is 0 Å². The fraction of sp³-hybridized carbons (Fsp3) is 0.0492. The van der Waals surface area contributed by atoms with Gasteiger partial charge in [-0.3, -0.25) is 0 Å². The molecule has 0 spiro atoms. The van der Waals surface area contributed by atoms with Crippen LogP contribution in [0.15, 0.2) is 231 Å². The van der Waals surface area contributed by atoms with E-state index in [0.717, 1.165) is 56.9 Å². The fourth-order valence-corrected chi connectivity index (χ4v) is 11.0. The summed E-state index contributed by atoms with van der Waals surface area (Å²) in [5.74, 6) is 0. The van der Waals surface area contributed by atoms with E-state index < -0.39 is 0 Å². The van der Waals surface area contributed by atoms with Crippen LogP contribution in [-0.2, 0) is 5.41 Å². The van der Waals surface area contributed by atoms with Gasteiger partial charge in [0.05, 0.1) is 28.1 Å². The lowest BCUT2D eigenvalue weighted by Gasteiger charge is -2.35. The smallest absolute Gasteiger partial charge is 0.0785 e. The van der Waals surface area contributed by atoms with Gasteiger partial charge < -0.3 is 19.3 Å². The highest BCUT2D eigenvalue weighted by atomic mass is 15.2. The van der Waals surface area contributed by atoms with Crippen molar-refractivity contribution in [1.82, 2.24) is 4.57 Å². The van der Waals surface area contributed by atoms with E-state index in [9.17, 15) is 0 Å². The first-order valence-electron chi connectivity index (χ1n) is 22.5. The molecular weight excluding hydrogens is 789 g/mol. The van der Waals surface area contributed by atoms with E-state index in [4.69, 9.17) is 0 Å². The van der Waals surface area contributed by atoms with Crippen LogP contribution in [0.4, 0.5) is 51.2 Å². The zero-order valence-electron chi connectivity index (χ0n) is 36.2. The number of hydrogen-bond donors (Lipinski definition) is 0. The maximum atomic E-state index is 2.57. The number of benzene rings is 10. The van der Waals surface area contributed by atoms with Crippen LogP contribution in [0.1, 0.15) is 25.0 Å². The van der Waals surface area contributed by atoms with Crippen LogP contribution in [0.5, 0.6) is 0 Å². The summed E-state index contributed by atoms with van der Waals surface area (Å²) in [5.41, 5.74) is 18.7. The van der Waals surface area contributed by atoms with E-state index in [1.165, 1.54) is 54.8 Å². The van der Waals surface area contributed by atoms with Crippen molar-refractivity contribution < 1.29 is 0 Å². The number of fused-ring (bicyclic) bond motifs is 11. The minimum Gasteiger partial charge on any atom is -0.310 e. The number of aromatic nitrogens is 1. The molecular formula is C61H44N4. The molecule has 4 heteroatoms. The minimum absolute atomic E-state index is 0.147. The van der Waals surface area contributed by atoms with Crippen LogP contribution in [0.2, 0.25) is 0 Å². The Morgan fingerprint density at radius 3 is 1.52 bits per heavy atom. The molecule has 0 saturated carbocycles. The van der Waals surface area contributed by atoms with Crippen LogP contribution in [-0.4, -0.2) is 4.57 Å². The van der Waals surface area contributed by atoms with E-state index >= 15 is 0 Å². The summed E-state index contributed by atoms with van der Waals surface area (Å²) < 4.78 is 2.57. The minimum atomic E-state index is -0.147. The molecule has 0 fully saturated rings. The molecule has 2 heterocycles. The average Bonchev–Trinajstić information content (AvgIpc) is 3.82. The Labute approximate surface area is 379 Å². The van der Waals surface area contributed by atoms with Crippen LogP contribution >= 0.6 is 0 Å². The molecule has 1 aliphatic heterocycles. The van der Waals surface area contributed by atoms with E-state index in [0.29, 0.717) is 0 Å². The Hall–Kier alpha value is -8.34. The number of hydrogen-bond acceptors (Lipinski definition) is 3. The molecule has 10 aromatic carbocycles. The van der Waals surface area contributed by atoms with Gasteiger partial charge in [0.25, 0.3) is 0 Å². The zero-order valence-corrected chi connectivity index (χ0v) is 36.2. The second kappa shape index (κ2) is 14.3. The monoisotopic (exact) mass is 832 g/mol. The Morgan fingerprint density at radius 2 is 0.908 bits per heavy atom. The quantitative estimate of drug-likeness (QED) is 0.159. The first-order chi connectivity index (χ1) is 32.0. The molecule has 2 aliphatic rings. The van der Waals surface area contributed by atoms with Crippen LogP contribution < -0.4 is 14.7 Å². The summed E-state index contributed by atoms with van der Waals surface area (Å²) in [4.78, 5) is 7.26. The topological polar surface area (TPSA) is 14.7 Å². The van der Waals surface area contributed by atoms with E-state index in [2.05, 4.69) is 264 Å². The average molecular weight is 833 g/mol. The molecule has 0 atom stereocenters. The van der Waals surface area contributed by atoms with Crippen molar-refractivity contribution in [2.75, 3.05) is 14.7 Å². The van der Waals surface area contributed by atoms with Crippen molar-refractivity contribution in [3.05, 3.63) is 242 Å². The molecule has 1 aromatic heterocycles. The van der Waals surface area contributed by atoms with Gasteiger partial charge in [-0.1, -0.05) is 147 Å². The second-order valence-corrected chi connectivity index (χ2v) is 17.8. The summed E-state index contributed by atoms with van der Waals surface area (Å²) in [7, 11) is 0. The predicted octanol–water partition coefficient (Wildman–Crippen LogP) is 17.0. The first-order valence-corrected chi connectivity index (χ1v) is 22.5. The first kappa shape index (κ1) is 37.2. The molecule has 4 nitrogen and oxygen atoms in total. The largest absolute Gasteiger partial charge is 0.310 e. The highest BCUT2D eigenvalue weighted by Crippen LogP contribution is 2.57. The summed E-state index contributed by atoms with van der Waals surface area (Å²) in [5, 5.41) is 5.02. The fourth-order valence-electron chi connectivity index (χ4n) is 11.0. The van der Waals surface area contributed by atoms with Crippen LogP contribution in [0, 0.1) is 0 Å². The molecule has 13 rings (SSSR count). The zero-order chi connectivity index (χ0) is 43.2. The lowest BCUT2D eigenvalue weighted by molar-refractivity contribution is 0.661. The molecule has 11 aromatic rings. The van der Waals surface area contributed by atoms with Gasteiger partial charge in [-0.2, -0.15) is 0 Å². The molecule has 0 unspecified atom stereocenters. The van der Waals surface area contributed by atoms with Crippen LogP contribution in [0.25, 0.3) is 49.4 Å². The number of nitrogens with zero attached hydrogens (tertiary/aromatic N) is 4. The Kier molecular flexibility index (Phi) is 8.22. The van der Waals surface area contributed by atoms with E-state index in [-0.39, 0.29) is 5.41 Å². The Morgan fingerprint density at radius 1 is 0.385 bits per heavy atom. The van der Waals surface area contributed by atoms with Crippen molar-refractivity contribution in [2.24, 2.45) is 0 Å². The van der Waals surface area contributed by atoms with Gasteiger partial charge in [0.2, 0.25) is 0 Å². The van der Waals surface area contributed by atoms with Gasteiger partial charge in [0, 0.05) is 56.0 Å². The Bertz CT molecular complexity index is 3540. The van der Waals surface area contributed by atoms with Crippen LogP contribution in [0.3, 0.4) is 0 Å². The maximum Gasteiger partial charge on any atom is 0.0785 e. The van der Waals surface area contributed by atoms with Gasteiger partial charge in [-0.15, -0.1) is 0 Å². The van der Waals surface area contributed by atoms with Gasteiger partial charge in [0.1, 0.15) is 0 Å². The van der Waals surface area contributed by atoms with Crippen molar-refractivity contribution in [1.29, 1.82) is 0 Å². The summed E-state index contributed by atoms with van der Waals surface area (Å²) in [6.07, 6.45) is 0. The number of rotatable bonds is 7. The predicted molar refractivity (Wildman–Crippen MR) is 273 cm³/mol. The molecule has 0 radical (unpaired) electrons. The lowest BCUT2D eigenvalue weighted by Crippen LogP contribution is -2.20. The molecule has 308 valence electrons. The van der Waals surface area contributed by atoms with Gasteiger partial charge in [-0.05, 0) is 130 Å². The third kappa shape index (κ3) is 5.57.